The van der Waals surface area contributed by atoms with Crippen molar-refractivity contribution in [2.45, 2.75) is 25.3 Å². The van der Waals surface area contributed by atoms with Crippen molar-refractivity contribution in [2.75, 3.05) is 38.3 Å². The summed E-state index contributed by atoms with van der Waals surface area (Å²) in [7, 11) is -1.09. The van der Waals surface area contributed by atoms with Crippen molar-refractivity contribution >= 4 is 9.84 Å². The van der Waals surface area contributed by atoms with Gasteiger partial charge in [0.1, 0.15) is 0 Å². The van der Waals surface area contributed by atoms with Gasteiger partial charge in [0.05, 0.1) is 18.1 Å². The largest absolute Gasteiger partial charge is 0.383 e. The van der Waals surface area contributed by atoms with Crippen molar-refractivity contribution in [2.24, 2.45) is 11.7 Å². The minimum absolute atomic E-state index is 0.261. The van der Waals surface area contributed by atoms with E-state index in [0.29, 0.717) is 24.7 Å². The Morgan fingerprint density at radius 1 is 1.53 bits per heavy atom. The summed E-state index contributed by atoms with van der Waals surface area (Å²) in [6.45, 7) is 2.09. The molecule has 0 aliphatic carbocycles. The fourth-order valence-corrected chi connectivity index (χ4v) is 4.04. The second-order valence-electron chi connectivity index (χ2n) is 4.76. The third-order valence-corrected chi connectivity index (χ3v) is 4.98. The van der Waals surface area contributed by atoms with Gasteiger partial charge in [0.2, 0.25) is 0 Å². The van der Waals surface area contributed by atoms with Gasteiger partial charge in [-0.15, -0.1) is 0 Å². The van der Waals surface area contributed by atoms with Crippen LogP contribution in [0.2, 0.25) is 0 Å². The molecular weight excluding hydrogens is 240 g/mol. The lowest BCUT2D eigenvalue weighted by Gasteiger charge is -2.19. The number of hydrogen-bond acceptors (Lipinski definition) is 5. The van der Waals surface area contributed by atoms with Crippen LogP contribution in [0.3, 0.4) is 0 Å². The highest BCUT2D eigenvalue weighted by Gasteiger charge is 2.27. The Labute approximate surface area is 104 Å². The molecule has 1 aliphatic rings. The zero-order valence-electron chi connectivity index (χ0n) is 10.5. The molecule has 0 amide bonds. The van der Waals surface area contributed by atoms with Gasteiger partial charge in [0, 0.05) is 13.2 Å². The van der Waals surface area contributed by atoms with E-state index in [-0.39, 0.29) is 12.0 Å². The zero-order valence-corrected chi connectivity index (χ0v) is 11.3. The quantitative estimate of drug-likeness (QED) is 0.632. The predicted octanol–water partition coefficient (Wildman–Crippen LogP) is -0.235. The summed E-state index contributed by atoms with van der Waals surface area (Å²) >= 11 is 0. The Morgan fingerprint density at radius 3 is 2.82 bits per heavy atom. The molecule has 17 heavy (non-hydrogen) atoms. The minimum Gasteiger partial charge on any atom is -0.383 e. The van der Waals surface area contributed by atoms with Crippen LogP contribution in [0, 0.1) is 5.92 Å². The molecule has 1 saturated heterocycles. The first-order valence-corrected chi connectivity index (χ1v) is 8.02. The van der Waals surface area contributed by atoms with E-state index in [0.717, 1.165) is 25.8 Å². The maximum Gasteiger partial charge on any atom is 0.150 e. The van der Waals surface area contributed by atoms with Gasteiger partial charge in [0.25, 0.3) is 0 Å². The highest BCUT2D eigenvalue weighted by molar-refractivity contribution is 7.91. The van der Waals surface area contributed by atoms with Gasteiger partial charge in [-0.05, 0) is 38.3 Å². The lowest BCUT2D eigenvalue weighted by molar-refractivity contribution is 0.159. The lowest BCUT2D eigenvalue weighted by Crippen LogP contribution is -2.37. The van der Waals surface area contributed by atoms with E-state index in [9.17, 15) is 8.42 Å². The molecule has 102 valence electrons. The molecule has 0 saturated carbocycles. The van der Waals surface area contributed by atoms with Crippen molar-refractivity contribution in [3.8, 4) is 0 Å². The Hall–Kier alpha value is -0.170. The smallest absolute Gasteiger partial charge is 0.150 e. The van der Waals surface area contributed by atoms with Crippen molar-refractivity contribution in [3.05, 3.63) is 0 Å². The van der Waals surface area contributed by atoms with E-state index in [1.807, 2.05) is 0 Å². The van der Waals surface area contributed by atoms with E-state index in [2.05, 4.69) is 5.32 Å². The number of hydrogen-bond donors (Lipinski definition) is 2. The van der Waals surface area contributed by atoms with Crippen molar-refractivity contribution in [1.29, 1.82) is 0 Å². The van der Waals surface area contributed by atoms with E-state index in [4.69, 9.17) is 10.5 Å². The Bertz CT molecular complexity index is 306. The lowest BCUT2D eigenvalue weighted by atomic mass is 10.1. The van der Waals surface area contributed by atoms with Crippen LogP contribution in [-0.2, 0) is 14.6 Å². The van der Waals surface area contributed by atoms with Crippen LogP contribution in [0.1, 0.15) is 19.3 Å². The summed E-state index contributed by atoms with van der Waals surface area (Å²) < 4.78 is 27.8. The summed E-state index contributed by atoms with van der Waals surface area (Å²) in [5, 5.41) is 3.39. The third kappa shape index (κ3) is 5.81. The number of nitrogens with two attached hydrogens (primary N) is 1. The SMILES string of the molecule is COCC(CCCN)NCC1CCS(=O)(=O)C1. The maximum absolute atomic E-state index is 11.3. The highest BCUT2D eigenvalue weighted by atomic mass is 32.2. The number of nitrogens with one attached hydrogen (secondary N) is 1. The molecule has 1 heterocycles. The number of rotatable bonds is 8. The Balaban J connectivity index is 2.26. The predicted molar refractivity (Wildman–Crippen MR) is 68.7 cm³/mol. The number of ether oxygens (including phenoxy) is 1. The van der Waals surface area contributed by atoms with Crippen molar-refractivity contribution < 1.29 is 13.2 Å². The van der Waals surface area contributed by atoms with Gasteiger partial charge in [-0.1, -0.05) is 0 Å². The minimum atomic E-state index is -2.76. The van der Waals surface area contributed by atoms with E-state index in [1.54, 1.807) is 7.11 Å². The van der Waals surface area contributed by atoms with Gasteiger partial charge in [-0.3, -0.25) is 0 Å². The molecule has 1 aliphatic heterocycles. The fraction of sp³-hybridized carbons (Fsp3) is 1.00. The first-order chi connectivity index (χ1) is 8.07. The van der Waals surface area contributed by atoms with Gasteiger partial charge in [0.15, 0.2) is 9.84 Å². The summed E-state index contributed by atoms with van der Waals surface area (Å²) in [5.41, 5.74) is 5.48. The van der Waals surface area contributed by atoms with E-state index >= 15 is 0 Å². The maximum atomic E-state index is 11.3. The Morgan fingerprint density at radius 2 is 2.29 bits per heavy atom. The topological polar surface area (TPSA) is 81.4 Å². The fourth-order valence-electron chi connectivity index (χ4n) is 2.18. The van der Waals surface area contributed by atoms with Crippen molar-refractivity contribution in [1.82, 2.24) is 5.32 Å². The number of sulfone groups is 1. The molecule has 0 aromatic rings. The molecule has 6 heteroatoms. The van der Waals surface area contributed by atoms with Gasteiger partial charge in [-0.25, -0.2) is 8.42 Å². The molecule has 0 radical (unpaired) electrons. The summed E-state index contributed by atoms with van der Waals surface area (Å²) in [4.78, 5) is 0. The van der Waals surface area contributed by atoms with E-state index in [1.165, 1.54) is 0 Å². The van der Waals surface area contributed by atoms with Gasteiger partial charge >= 0.3 is 0 Å². The van der Waals surface area contributed by atoms with Crippen LogP contribution in [-0.4, -0.2) is 52.8 Å². The molecule has 0 aromatic heterocycles. The normalized spacial score (nSPS) is 24.9. The van der Waals surface area contributed by atoms with Crippen LogP contribution >= 0.6 is 0 Å². The first-order valence-electron chi connectivity index (χ1n) is 6.20. The molecule has 1 fully saturated rings. The molecule has 1 rings (SSSR count). The average molecular weight is 264 g/mol. The van der Waals surface area contributed by atoms with Crippen LogP contribution in [0.25, 0.3) is 0 Å². The van der Waals surface area contributed by atoms with Crippen LogP contribution < -0.4 is 11.1 Å². The summed E-state index contributed by atoms with van der Waals surface area (Å²) in [6.07, 6.45) is 2.72. The van der Waals surface area contributed by atoms with Gasteiger partial charge < -0.3 is 15.8 Å². The molecule has 0 spiro atoms. The Kier molecular flexibility index (Phi) is 6.40. The molecule has 3 N–H and O–H groups in total. The summed E-state index contributed by atoms with van der Waals surface area (Å²) in [5.74, 6) is 0.936. The highest BCUT2D eigenvalue weighted by Crippen LogP contribution is 2.17. The second-order valence-corrected chi connectivity index (χ2v) is 6.99. The molecular formula is C11H24N2O3S. The molecule has 2 unspecified atom stereocenters. The summed E-state index contributed by atoms with van der Waals surface area (Å²) in [6, 6.07) is 0.284. The molecule has 0 bridgehead atoms. The van der Waals surface area contributed by atoms with Crippen LogP contribution in [0.4, 0.5) is 0 Å². The van der Waals surface area contributed by atoms with Crippen LogP contribution in [0.5, 0.6) is 0 Å². The zero-order chi connectivity index (χ0) is 12.7. The monoisotopic (exact) mass is 264 g/mol. The molecule has 2 atom stereocenters. The van der Waals surface area contributed by atoms with Gasteiger partial charge in [-0.2, -0.15) is 0 Å². The third-order valence-electron chi connectivity index (χ3n) is 3.15. The number of methoxy groups -OCH3 is 1. The first kappa shape index (κ1) is 14.9. The van der Waals surface area contributed by atoms with Crippen molar-refractivity contribution in [3.63, 3.8) is 0 Å². The van der Waals surface area contributed by atoms with E-state index < -0.39 is 9.84 Å². The molecule has 5 nitrogen and oxygen atoms in total. The molecule has 0 aromatic carbocycles. The standard InChI is InChI=1S/C11H24N2O3S/c1-16-8-11(3-2-5-12)13-7-10-4-6-17(14,15)9-10/h10-11,13H,2-9,12H2,1H3. The van der Waals surface area contributed by atoms with Crippen LogP contribution in [0.15, 0.2) is 0 Å². The second kappa shape index (κ2) is 7.31. The average Bonchev–Trinajstić information content (AvgIpc) is 2.62.